The van der Waals surface area contributed by atoms with Gasteiger partial charge in [0.1, 0.15) is 5.75 Å². The fourth-order valence-corrected chi connectivity index (χ4v) is 3.86. The van der Waals surface area contributed by atoms with E-state index in [1.807, 2.05) is 0 Å². The molecule has 164 valence electrons. The lowest BCUT2D eigenvalue weighted by Gasteiger charge is -2.37. The Bertz CT molecular complexity index is 628. The highest BCUT2D eigenvalue weighted by atomic mass is 127. The zero-order chi connectivity index (χ0) is 19.8. The van der Waals surface area contributed by atoms with Crippen LogP contribution in [0.3, 0.4) is 0 Å². The number of piperidine rings is 1. The van der Waals surface area contributed by atoms with Crippen LogP contribution in [0.1, 0.15) is 44.7 Å². The van der Waals surface area contributed by atoms with E-state index < -0.39 is 0 Å². The Hall–Kier alpha value is -1.06. The molecular weight excluding hydrogens is 479 g/mol. The second kappa shape index (κ2) is 12.0. The summed E-state index contributed by atoms with van der Waals surface area (Å²) in [4.78, 5) is 7.42. The molecular formula is C22H37IN4O2. The molecule has 2 fully saturated rings. The van der Waals surface area contributed by atoms with Crippen LogP contribution in [-0.2, 0) is 4.74 Å². The van der Waals surface area contributed by atoms with Crippen molar-refractivity contribution < 1.29 is 9.47 Å². The molecule has 0 aliphatic carbocycles. The fourth-order valence-electron chi connectivity index (χ4n) is 3.86. The van der Waals surface area contributed by atoms with Crippen LogP contribution < -0.4 is 15.4 Å². The molecule has 2 heterocycles. The fraction of sp³-hybridized carbons (Fsp3) is 0.682. The molecule has 0 bridgehead atoms. The summed E-state index contributed by atoms with van der Waals surface area (Å²) < 4.78 is 10.7. The number of halogens is 1. The molecule has 0 amide bonds. The molecule has 7 heteroatoms. The molecule has 1 aromatic rings. The molecule has 29 heavy (non-hydrogen) atoms. The van der Waals surface area contributed by atoms with Gasteiger partial charge in [-0.1, -0.05) is 25.5 Å². The second-order valence-electron chi connectivity index (χ2n) is 8.27. The highest BCUT2D eigenvalue weighted by molar-refractivity contribution is 14.0. The molecule has 0 saturated carbocycles. The Morgan fingerprint density at radius 3 is 2.41 bits per heavy atom. The van der Waals surface area contributed by atoms with E-state index in [1.54, 1.807) is 7.11 Å². The monoisotopic (exact) mass is 516 g/mol. The van der Waals surface area contributed by atoms with Crippen LogP contribution in [0.4, 0.5) is 0 Å². The van der Waals surface area contributed by atoms with Gasteiger partial charge in [0.2, 0.25) is 0 Å². The van der Waals surface area contributed by atoms with Crippen molar-refractivity contribution in [1.82, 2.24) is 15.5 Å². The number of nitrogens with zero attached hydrogens (tertiary/aromatic N) is 2. The second-order valence-corrected chi connectivity index (χ2v) is 8.27. The first-order chi connectivity index (χ1) is 13.6. The van der Waals surface area contributed by atoms with Crippen molar-refractivity contribution in [1.29, 1.82) is 0 Å². The van der Waals surface area contributed by atoms with Gasteiger partial charge in [0.25, 0.3) is 0 Å². The molecule has 0 spiro atoms. The van der Waals surface area contributed by atoms with Crippen LogP contribution in [0.2, 0.25) is 0 Å². The van der Waals surface area contributed by atoms with Gasteiger partial charge in [0.15, 0.2) is 5.96 Å². The number of hydrogen-bond acceptors (Lipinski definition) is 4. The first-order valence-electron chi connectivity index (χ1n) is 10.6. The summed E-state index contributed by atoms with van der Waals surface area (Å²) in [7, 11) is 1.71. The minimum atomic E-state index is 0. The van der Waals surface area contributed by atoms with Crippen molar-refractivity contribution in [3.05, 3.63) is 29.8 Å². The molecule has 1 atom stereocenters. The van der Waals surface area contributed by atoms with E-state index in [9.17, 15) is 0 Å². The van der Waals surface area contributed by atoms with Crippen molar-refractivity contribution in [2.45, 2.75) is 39.2 Å². The number of methoxy groups -OCH3 is 1. The van der Waals surface area contributed by atoms with E-state index in [4.69, 9.17) is 14.5 Å². The number of guanidine groups is 1. The van der Waals surface area contributed by atoms with Crippen LogP contribution in [0.25, 0.3) is 0 Å². The van der Waals surface area contributed by atoms with Crippen molar-refractivity contribution >= 4 is 29.9 Å². The first-order valence-corrected chi connectivity index (χ1v) is 10.6. The third-order valence-corrected chi connectivity index (χ3v) is 5.66. The molecule has 6 nitrogen and oxygen atoms in total. The largest absolute Gasteiger partial charge is 0.497 e. The average molecular weight is 516 g/mol. The maximum absolute atomic E-state index is 5.36. The summed E-state index contributed by atoms with van der Waals surface area (Å²) in [5.74, 6) is 1.80. The quantitative estimate of drug-likeness (QED) is 0.315. The topological polar surface area (TPSA) is 58.1 Å². The summed E-state index contributed by atoms with van der Waals surface area (Å²) in [5, 5.41) is 6.98. The van der Waals surface area contributed by atoms with Crippen molar-refractivity contribution in [2.24, 2.45) is 10.4 Å². The molecule has 2 N–H and O–H groups in total. The van der Waals surface area contributed by atoms with Gasteiger partial charge in [-0.05, 0) is 50.6 Å². The lowest BCUT2D eigenvalue weighted by molar-refractivity contribution is -0.0945. The summed E-state index contributed by atoms with van der Waals surface area (Å²) in [6.07, 6.45) is 3.89. The normalized spacial score (nSPS) is 20.2. The summed E-state index contributed by atoms with van der Waals surface area (Å²) in [5.41, 5.74) is 1.51. The Morgan fingerprint density at radius 2 is 1.86 bits per heavy atom. The number of benzene rings is 1. The Balaban J connectivity index is 0.00000300. The number of aliphatic imine (C=N–C) groups is 1. The number of hydrogen-bond donors (Lipinski definition) is 2. The van der Waals surface area contributed by atoms with Gasteiger partial charge < -0.3 is 20.1 Å². The highest BCUT2D eigenvalue weighted by Gasteiger charge is 2.33. The van der Waals surface area contributed by atoms with E-state index in [-0.39, 0.29) is 29.4 Å². The summed E-state index contributed by atoms with van der Waals surface area (Å²) in [6, 6.07) is 8.83. The smallest absolute Gasteiger partial charge is 0.191 e. The van der Waals surface area contributed by atoms with Crippen LogP contribution >= 0.6 is 24.0 Å². The summed E-state index contributed by atoms with van der Waals surface area (Å²) in [6.45, 7) is 10.7. The predicted molar refractivity (Wildman–Crippen MR) is 129 cm³/mol. The maximum atomic E-state index is 5.36. The van der Waals surface area contributed by atoms with E-state index in [2.05, 4.69) is 53.6 Å². The van der Waals surface area contributed by atoms with Gasteiger partial charge in [0.05, 0.1) is 32.9 Å². The van der Waals surface area contributed by atoms with Gasteiger partial charge in [0, 0.05) is 18.5 Å². The Morgan fingerprint density at radius 1 is 1.17 bits per heavy atom. The van der Waals surface area contributed by atoms with Crippen molar-refractivity contribution in [3.63, 3.8) is 0 Å². The molecule has 1 unspecified atom stereocenters. The van der Waals surface area contributed by atoms with Gasteiger partial charge >= 0.3 is 0 Å². The van der Waals surface area contributed by atoms with E-state index in [0.29, 0.717) is 6.04 Å². The van der Waals surface area contributed by atoms with Gasteiger partial charge in [-0.15, -0.1) is 24.0 Å². The minimum absolute atomic E-state index is 0. The maximum Gasteiger partial charge on any atom is 0.191 e. The molecule has 2 aliphatic heterocycles. The molecule has 1 aromatic carbocycles. The Labute approximate surface area is 192 Å². The lowest BCUT2D eigenvalue weighted by Crippen LogP contribution is -2.46. The van der Waals surface area contributed by atoms with Gasteiger partial charge in [-0.3, -0.25) is 9.89 Å². The zero-order valence-corrected chi connectivity index (χ0v) is 20.4. The van der Waals surface area contributed by atoms with E-state index >= 15 is 0 Å². The van der Waals surface area contributed by atoms with Crippen LogP contribution in [0.15, 0.2) is 29.3 Å². The standard InChI is InChI=1S/C22H36N4O2.HI/c1-4-23-21(25-15-22(2)16-28-17-22)24-14-20(26-12-6-5-7-13-26)18-8-10-19(27-3)11-9-18;/h8-11,20H,4-7,12-17H2,1-3H3,(H2,23,24,25);1H. The number of nitrogens with one attached hydrogen (secondary N) is 2. The molecule has 0 aromatic heterocycles. The highest BCUT2D eigenvalue weighted by Crippen LogP contribution is 2.27. The zero-order valence-electron chi connectivity index (χ0n) is 18.1. The van der Waals surface area contributed by atoms with Gasteiger partial charge in [-0.2, -0.15) is 0 Å². The van der Waals surface area contributed by atoms with Crippen LogP contribution in [-0.4, -0.2) is 63.9 Å². The summed E-state index contributed by atoms with van der Waals surface area (Å²) >= 11 is 0. The SMILES string of the molecule is CCNC(=NCC1(C)COC1)NCC(c1ccc(OC)cc1)N1CCCCC1.I. The number of ether oxygens (including phenoxy) is 2. The van der Waals surface area contributed by atoms with Crippen LogP contribution in [0.5, 0.6) is 5.75 Å². The predicted octanol–water partition coefficient (Wildman–Crippen LogP) is 3.43. The number of likely N-dealkylation sites (tertiary alicyclic amines) is 1. The number of rotatable bonds is 8. The first kappa shape index (κ1) is 24.2. The van der Waals surface area contributed by atoms with E-state index in [0.717, 1.165) is 57.6 Å². The van der Waals surface area contributed by atoms with E-state index in [1.165, 1.54) is 24.8 Å². The molecule has 2 saturated heterocycles. The van der Waals surface area contributed by atoms with Crippen molar-refractivity contribution in [3.8, 4) is 5.75 Å². The van der Waals surface area contributed by atoms with Gasteiger partial charge in [-0.25, -0.2) is 0 Å². The molecule has 0 radical (unpaired) electrons. The molecule has 3 rings (SSSR count). The minimum Gasteiger partial charge on any atom is -0.497 e. The average Bonchev–Trinajstić information content (AvgIpc) is 2.72. The molecule has 2 aliphatic rings. The third kappa shape index (κ3) is 7.00. The van der Waals surface area contributed by atoms with Crippen LogP contribution in [0, 0.1) is 5.41 Å². The third-order valence-electron chi connectivity index (χ3n) is 5.66. The lowest BCUT2D eigenvalue weighted by atomic mass is 9.89. The van der Waals surface area contributed by atoms with Crippen molar-refractivity contribution in [2.75, 3.05) is 53.0 Å². The Kier molecular flexibility index (Phi) is 9.98.